The summed E-state index contributed by atoms with van der Waals surface area (Å²) < 4.78 is 24.6. The molecule has 11 heteroatoms. The van der Waals surface area contributed by atoms with Gasteiger partial charge in [-0.2, -0.15) is 0 Å². The summed E-state index contributed by atoms with van der Waals surface area (Å²) in [5.74, 6) is -1.49. The molecule has 2 heterocycles. The Labute approximate surface area is 207 Å². The van der Waals surface area contributed by atoms with E-state index in [0.29, 0.717) is 21.8 Å². The lowest BCUT2D eigenvalue weighted by Gasteiger charge is -2.29. The molecule has 35 heavy (non-hydrogen) atoms. The maximum absolute atomic E-state index is 13.6. The summed E-state index contributed by atoms with van der Waals surface area (Å²) >= 11 is 6.08. The van der Waals surface area contributed by atoms with E-state index in [-0.39, 0.29) is 30.3 Å². The van der Waals surface area contributed by atoms with Crippen molar-refractivity contribution in [3.05, 3.63) is 94.3 Å². The fourth-order valence-electron chi connectivity index (χ4n) is 3.77. The van der Waals surface area contributed by atoms with Gasteiger partial charge in [-0.1, -0.05) is 29.8 Å². The molecule has 4 rings (SSSR count). The maximum Gasteiger partial charge on any atom is 0.264 e. The van der Waals surface area contributed by atoms with Crippen molar-refractivity contribution in [3.63, 3.8) is 0 Å². The number of fused-ring (bicyclic) bond motifs is 1. The molecular weight excluding hydrogens is 492 g/mol. The number of halogens is 1. The molecule has 3 aromatic rings. The van der Waals surface area contributed by atoms with Crippen molar-refractivity contribution in [3.8, 4) is 0 Å². The first-order valence-electron chi connectivity index (χ1n) is 10.5. The average Bonchev–Trinajstić information content (AvgIpc) is 2.89. The van der Waals surface area contributed by atoms with E-state index in [1.165, 1.54) is 23.1 Å². The number of carbonyl (C=O) groups excluding carboxylic acids is 3. The number of rotatable bonds is 6. The number of carbonyl (C=O) groups is 3. The first-order valence-corrected chi connectivity index (χ1v) is 12.8. The van der Waals surface area contributed by atoms with Crippen LogP contribution in [0.15, 0.2) is 67.0 Å². The number of sulfonamides is 1. The second-order valence-electron chi connectivity index (χ2n) is 8.09. The molecule has 2 aromatic carbocycles. The highest BCUT2D eigenvalue weighted by atomic mass is 35.5. The second-order valence-corrected chi connectivity index (χ2v) is 10.3. The molecule has 0 radical (unpaired) electrons. The Morgan fingerprint density at radius 3 is 2.51 bits per heavy atom. The van der Waals surface area contributed by atoms with Crippen LogP contribution in [0.3, 0.4) is 0 Å². The normalized spacial score (nSPS) is 15.7. The largest absolute Gasteiger partial charge is 0.323 e. The zero-order valence-electron chi connectivity index (χ0n) is 18.6. The summed E-state index contributed by atoms with van der Waals surface area (Å²) in [6, 6.07) is 13.6. The van der Waals surface area contributed by atoms with Gasteiger partial charge in [0.25, 0.3) is 11.8 Å². The summed E-state index contributed by atoms with van der Waals surface area (Å²) in [6.07, 6.45) is 4.39. The Balaban J connectivity index is 1.66. The van der Waals surface area contributed by atoms with Crippen LogP contribution in [0.2, 0.25) is 5.02 Å². The van der Waals surface area contributed by atoms with Crippen LogP contribution < -0.4 is 10.0 Å². The SMILES string of the molecule is CS(=O)(=O)NC(=O)c1ccc(CN2C(=O)c3ccc(Cl)cc3NC(=O)[C@H]2Cc2cccnc2)cc1. The van der Waals surface area contributed by atoms with E-state index in [1.54, 1.807) is 42.7 Å². The lowest BCUT2D eigenvalue weighted by molar-refractivity contribution is -0.120. The van der Waals surface area contributed by atoms with Gasteiger partial charge >= 0.3 is 0 Å². The maximum atomic E-state index is 13.6. The third-order valence-corrected chi connectivity index (χ3v) is 6.20. The molecule has 1 aromatic heterocycles. The Hall–Kier alpha value is -3.76. The molecule has 0 aliphatic carbocycles. The van der Waals surface area contributed by atoms with E-state index in [1.807, 2.05) is 10.8 Å². The van der Waals surface area contributed by atoms with Crippen LogP contribution in [0.1, 0.15) is 31.8 Å². The van der Waals surface area contributed by atoms with E-state index in [9.17, 15) is 22.8 Å². The number of benzene rings is 2. The van der Waals surface area contributed by atoms with E-state index in [2.05, 4.69) is 10.3 Å². The van der Waals surface area contributed by atoms with Crippen molar-refractivity contribution < 1.29 is 22.8 Å². The zero-order valence-corrected chi connectivity index (χ0v) is 20.1. The molecule has 2 N–H and O–H groups in total. The highest BCUT2D eigenvalue weighted by molar-refractivity contribution is 7.89. The molecular formula is C24H21ClN4O5S. The molecule has 9 nitrogen and oxygen atoms in total. The van der Waals surface area contributed by atoms with Crippen LogP contribution in [-0.4, -0.2) is 48.3 Å². The Kier molecular flexibility index (Phi) is 6.86. The number of pyridine rings is 1. The summed E-state index contributed by atoms with van der Waals surface area (Å²) in [6.45, 7) is 0.0766. The molecule has 180 valence electrons. The minimum Gasteiger partial charge on any atom is -0.323 e. The standard InChI is InChI=1S/C24H21ClN4O5S/c1-35(33,34)28-22(30)17-6-4-15(5-7-17)14-29-21(11-16-3-2-10-26-13-16)23(31)27-20-12-18(25)8-9-19(20)24(29)32/h2-10,12-13,21H,11,14H2,1H3,(H,27,31)(H,28,30)/t21-/m1/s1. The Morgan fingerprint density at radius 2 is 1.86 bits per heavy atom. The van der Waals surface area contributed by atoms with Crippen molar-refractivity contribution in [1.29, 1.82) is 0 Å². The van der Waals surface area contributed by atoms with Crippen LogP contribution in [0, 0.1) is 0 Å². The minimum absolute atomic E-state index is 0.0766. The predicted octanol–water partition coefficient (Wildman–Crippen LogP) is 2.63. The average molecular weight is 513 g/mol. The number of aromatic nitrogens is 1. The van der Waals surface area contributed by atoms with E-state index in [0.717, 1.165) is 11.8 Å². The van der Waals surface area contributed by atoms with Gasteiger partial charge in [0.2, 0.25) is 15.9 Å². The van der Waals surface area contributed by atoms with Gasteiger partial charge in [0, 0.05) is 35.9 Å². The topological polar surface area (TPSA) is 126 Å². The second kappa shape index (κ2) is 9.85. The molecule has 0 saturated carbocycles. The van der Waals surface area contributed by atoms with Gasteiger partial charge in [-0.15, -0.1) is 0 Å². The summed E-state index contributed by atoms with van der Waals surface area (Å²) in [5.41, 5.74) is 2.21. The summed E-state index contributed by atoms with van der Waals surface area (Å²) in [5, 5.41) is 3.20. The van der Waals surface area contributed by atoms with Crippen molar-refractivity contribution in [2.45, 2.75) is 19.0 Å². The van der Waals surface area contributed by atoms with Gasteiger partial charge in [-0.25, -0.2) is 13.1 Å². The van der Waals surface area contributed by atoms with Gasteiger partial charge in [-0.05, 0) is 47.5 Å². The van der Waals surface area contributed by atoms with Crippen LogP contribution in [0.5, 0.6) is 0 Å². The number of nitrogens with one attached hydrogen (secondary N) is 2. The van der Waals surface area contributed by atoms with E-state index < -0.39 is 22.0 Å². The third kappa shape index (κ3) is 5.84. The predicted molar refractivity (Wildman–Crippen MR) is 130 cm³/mol. The fourth-order valence-corrected chi connectivity index (χ4v) is 4.40. The molecule has 1 aliphatic rings. The minimum atomic E-state index is -3.70. The van der Waals surface area contributed by atoms with Crippen LogP contribution in [-0.2, 0) is 27.8 Å². The molecule has 0 spiro atoms. The molecule has 1 atom stereocenters. The highest BCUT2D eigenvalue weighted by Gasteiger charge is 2.35. The fraction of sp³-hybridized carbons (Fsp3) is 0.167. The number of nitrogens with zero attached hydrogens (tertiary/aromatic N) is 2. The third-order valence-electron chi connectivity index (χ3n) is 5.41. The van der Waals surface area contributed by atoms with Crippen LogP contribution in [0.25, 0.3) is 0 Å². The molecule has 0 saturated heterocycles. The van der Waals surface area contributed by atoms with Crippen molar-refractivity contribution in [1.82, 2.24) is 14.6 Å². The Bertz CT molecular complexity index is 1400. The zero-order chi connectivity index (χ0) is 25.2. The molecule has 0 fully saturated rings. The summed E-state index contributed by atoms with van der Waals surface area (Å²) in [7, 11) is -3.70. The van der Waals surface area contributed by atoms with Gasteiger partial charge in [0.15, 0.2) is 0 Å². The van der Waals surface area contributed by atoms with Crippen molar-refractivity contribution >= 4 is 45.0 Å². The quantitative estimate of drug-likeness (QED) is 0.523. The van der Waals surface area contributed by atoms with Crippen molar-refractivity contribution in [2.24, 2.45) is 0 Å². The lowest BCUT2D eigenvalue weighted by atomic mass is 10.0. The van der Waals surface area contributed by atoms with E-state index >= 15 is 0 Å². The van der Waals surface area contributed by atoms with E-state index in [4.69, 9.17) is 11.6 Å². The number of amides is 3. The first-order chi connectivity index (χ1) is 16.6. The van der Waals surface area contributed by atoms with Gasteiger partial charge < -0.3 is 10.2 Å². The molecule has 0 unspecified atom stereocenters. The van der Waals surface area contributed by atoms with Crippen LogP contribution in [0.4, 0.5) is 5.69 Å². The van der Waals surface area contributed by atoms with Gasteiger partial charge in [0.1, 0.15) is 6.04 Å². The van der Waals surface area contributed by atoms with Gasteiger partial charge in [0.05, 0.1) is 17.5 Å². The number of hydrogen-bond donors (Lipinski definition) is 2. The monoisotopic (exact) mass is 512 g/mol. The molecule has 3 amide bonds. The Morgan fingerprint density at radius 1 is 1.11 bits per heavy atom. The first kappa shape index (κ1) is 24.4. The number of hydrogen-bond acceptors (Lipinski definition) is 6. The van der Waals surface area contributed by atoms with Gasteiger partial charge in [-0.3, -0.25) is 19.4 Å². The molecule has 1 aliphatic heterocycles. The molecule has 0 bridgehead atoms. The smallest absolute Gasteiger partial charge is 0.264 e. The number of anilines is 1. The van der Waals surface area contributed by atoms with Crippen molar-refractivity contribution in [2.75, 3.05) is 11.6 Å². The van der Waals surface area contributed by atoms with Crippen LogP contribution >= 0.6 is 11.6 Å². The highest BCUT2D eigenvalue weighted by Crippen LogP contribution is 2.28. The summed E-state index contributed by atoms with van der Waals surface area (Å²) in [4.78, 5) is 44.5. The lowest BCUT2D eigenvalue weighted by Crippen LogP contribution is -2.46.